The number of nitrogens with zero attached hydrogens (tertiary/aromatic N) is 3. The van der Waals surface area contributed by atoms with Crippen LogP contribution in [0.1, 0.15) is 21.9 Å². The highest BCUT2D eigenvalue weighted by atomic mass is 35.5. The Kier molecular flexibility index (Phi) is 4.04. The fourth-order valence-corrected chi connectivity index (χ4v) is 3.51. The second-order valence-electron chi connectivity index (χ2n) is 5.40. The number of carbonyl (C=O) groups is 1. The van der Waals surface area contributed by atoms with Crippen molar-refractivity contribution in [2.45, 2.75) is 20.1 Å². The average molecular weight is 372 g/mol. The van der Waals surface area contributed by atoms with Crippen molar-refractivity contribution in [3.8, 4) is 0 Å². The van der Waals surface area contributed by atoms with Crippen LogP contribution in [0.25, 0.3) is 10.9 Å². The highest BCUT2D eigenvalue weighted by Gasteiger charge is 2.30. The number of aromatic nitrogens is 3. The number of aryl methyl sites for hydroxylation is 1. The van der Waals surface area contributed by atoms with Gasteiger partial charge in [-0.1, -0.05) is 23.2 Å². The summed E-state index contributed by atoms with van der Waals surface area (Å²) in [7, 11) is 0. The Labute approximate surface area is 148 Å². The molecule has 1 aliphatic heterocycles. The summed E-state index contributed by atoms with van der Waals surface area (Å²) in [6.07, 6.45) is 1.64. The maximum atomic E-state index is 12.6. The van der Waals surface area contributed by atoms with Gasteiger partial charge in [0.25, 0.3) is 5.91 Å². The molecule has 3 aromatic rings. The lowest BCUT2D eigenvalue weighted by atomic mass is 10.2. The number of rotatable bonds is 2. The number of amides is 1. The number of imidazole rings is 1. The van der Waals surface area contributed by atoms with E-state index in [1.54, 1.807) is 17.3 Å². The fraction of sp³-hybridized carbons (Fsp3) is 0.200. The number of nitrogens with one attached hydrogen (secondary N) is 1. The molecular formula is C15H13Cl3N4O. The molecule has 8 heteroatoms. The molecule has 120 valence electrons. The molecule has 1 aromatic carbocycles. The monoisotopic (exact) mass is 370 g/mol. The summed E-state index contributed by atoms with van der Waals surface area (Å²) in [6.45, 7) is 2.88. The predicted octanol–water partition coefficient (Wildman–Crippen LogP) is 4.01. The van der Waals surface area contributed by atoms with E-state index in [1.165, 1.54) is 0 Å². The molecule has 1 N–H and O–H groups in total. The van der Waals surface area contributed by atoms with E-state index in [9.17, 15) is 4.79 Å². The van der Waals surface area contributed by atoms with E-state index in [-0.39, 0.29) is 18.3 Å². The van der Waals surface area contributed by atoms with Crippen LogP contribution in [0.3, 0.4) is 0 Å². The summed E-state index contributed by atoms with van der Waals surface area (Å²) >= 11 is 12.3. The number of benzene rings is 1. The van der Waals surface area contributed by atoms with Gasteiger partial charge in [0.05, 0.1) is 35.8 Å². The highest BCUT2D eigenvalue weighted by molar-refractivity contribution is 6.38. The van der Waals surface area contributed by atoms with Crippen molar-refractivity contribution in [3.63, 3.8) is 0 Å². The van der Waals surface area contributed by atoms with E-state index in [2.05, 4.69) is 9.97 Å². The van der Waals surface area contributed by atoms with E-state index in [0.717, 1.165) is 22.3 Å². The van der Waals surface area contributed by atoms with Crippen LogP contribution in [0.2, 0.25) is 10.0 Å². The molecule has 0 spiro atoms. The minimum atomic E-state index is -0.0224. The molecular weight excluding hydrogens is 359 g/mol. The average Bonchev–Trinajstić information content (AvgIpc) is 3.09. The lowest BCUT2D eigenvalue weighted by Gasteiger charge is -2.15. The number of hydrogen-bond donors (Lipinski definition) is 1. The zero-order valence-electron chi connectivity index (χ0n) is 12.1. The van der Waals surface area contributed by atoms with Crippen molar-refractivity contribution in [2.75, 3.05) is 0 Å². The van der Waals surface area contributed by atoms with Crippen LogP contribution in [-0.4, -0.2) is 25.3 Å². The minimum Gasteiger partial charge on any atom is -0.348 e. The van der Waals surface area contributed by atoms with Crippen molar-refractivity contribution in [1.82, 2.24) is 19.4 Å². The molecule has 0 radical (unpaired) electrons. The number of carbonyl (C=O) groups excluding carboxylic acids is 1. The largest absolute Gasteiger partial charge is 0.348 e. The standard InChI is InChI=1S/C15H12Cl2N4O.ClH/c1-8-12(19-6-18-8)5-20-7-21-13(15(20)22)3-9-2-10(16)4-11(17)14(9)21;/h2-4,6H,5,7H2,1H3,(H,18,19);1H. The van der Waals surface area contributed by atoms with Crippen LogP contribution in [0.5, 0.6) is 0 Å². The number of fused-ring (bicyclic) bond motifs is 3. The Balaban J connectivity index is 0.00000156. The van der Waals surface area contributed by atoms with Gasteiger partial charge in [-0.3, -0.25) is 4.79 Å². The first-order valence-electron chi connectivity index (χ1n) is 6.81. The van der Waals surface area contributed by atoms with Gasteiger partial charge in [-0.15, -0.1) is 12.4 Å². The molecule has 2 aromatic heterocycles. The zero-order valence-corrected chi connectivity index (χ0v) is 14.5. The van der Waals surface area contributed by atoms with E-state index >= 15 is 0 Å². The molecule has 0 atom stereocenters. The fourth-order valence-electron chi connectivity index (χ4n) is 2.90. The van der Waals surface area contributed by atoms with Crippen molar-refractivity contribution >= 4 is 52.4 Å². The number of aromatic amines is 1. The van der Waals surface area contributed by atoms with Crippen LogP contribution < -0.4 is 0 Å². The Hall–Kier alpha value is -1.69. The molecule has 0 bridgehead atoms. The number of hydrogen-bond acceptors (Lipinski definition) is 2. The van der Waals surface area contributed by atoms with Gasteiger partial charge in [-0.2, -0.15) is 0 Å². The first-order valence-corrected chi connectivity index (χ1v) is 7.56. The third-order valence-electron chi connectivity index (χ3n) is 4.00. The van der Waals surface area contributed by atoms with Gasteiger partial charge >= 0.3 is 0 Å². The highest BCUT2D eigenvalue weighted by Crippen LogP contribution is 2.34. The molecule has 4 rings (SSSR count). The normalized spacial score (nSPS) is 13.5. The zero-order chi connectivity index (χ0) is 15.4. The molecule has 0 fully saturated rings. The third kappa shape index (κ3) is 2.49. The van der Waals surface area contributed by atoms with Gasteiger partial charge in [0.2, 0.25) is 0 Å². The van der Waals surface area contributed by atoms with Crippen LogP contribution >= 0.6 is 35.6 Å². The van der Waals surface area contributed by atoms with Crippen LogP contribution in [-0.2, 0) is 13.2 Å². The SMILES string of the molecule is Cc1[nH]cnc1CN1Cn2c(cc3cc(Cl)cc(Cl)c32)C1=O.Cl. The molecule has 23 heavy (non-hydrogen) atoms. The lowest BCUT2D eigenvalue weighted by molar-refractivity contribution is 0.0755. The summed E-state index contributed by atoms with van der Waals surface area (Å²) in [6, 6.07) is 5.36. The van der Waals surface area contributed by atoms with E-state index in [4.69, 9.17) is 23.2 Å². The lowest BCUT2D eigenvalue weighted by Crippen LogP contribution is -2.24. The Bertz CT molecular complexity index is 915. The Morgan fingerprint density at radius 1 is 1.30 bits per heavy atom. The molecule has 3 heterocycles. The van der Waals surface area contributed by atoms with Crippen LogP contribution in [0, 0.1) is 6.92 Å². The van der Waals surface area contributed by atoms with Gasteiger partial charge in [-0.05, 0) is 25.1 Å². The van der Waals surface area contributed by atoms with E-state index in [0.29, 0.717) is 29.0 Å². The molecule has 0 saturated heterocycles. The van der Waals surface area contributed by atoms with Crippen molar-refractivity contribution in [2.24, 2.45) is 0 Å². The topological polar surface area (TPSA) is 53.9 Å². The molecule has 0 saturated carbocycles. The van der Waals surface area contributed by atoms with Gasteiger partial charge in [-0.25, -0.2) is 4.98 Å². The summed E-state index contributed by atoms with van der Waals surface area (Å²) in [5, 5.41) is 2.01. The summed E-state index contributed by atoms with van der Waals surface area (Å²) in [5.74, 6) is -0.0224. The summed E-state index contributed by atoms with van der Waals surface area (Å²) in [5.41, 5.74) is 3.32. The molecule has 5 nitrogen and oxygen atoms in total. The summed E-state index contributed by atoms with van der Waals surface area (Å²) < 4.78 is 1.93. The second kappa shape index (κ2) is 5.74. The Morgan fingerprint density at radius 3 is 2.78 bits per heavy atom. The molecule has 1 amide bonds. The summed E-state index contributed by atoms with van der Waals surface area (Å²) in [4.78, 5) is 21.6. The van der Waals surface area contributed by atoms with E-state index < -0.39 is 0 Å². The number of H-pyrrole nitrogens is 1. The van der Waals surface area contributed by atoms with Crippen molar-refractivity contribution in [3.05, 3.63) is 51.7 Å². The van der Waals surface area contributed by atoms with Crippen molar-refractivity contribution in [1.29, 1.82) is 0 Å². The molecule has 1 aliphatic rings. The quantitative estimate of drug-likeness (QED) is 0.740. The van der Waals surface area contributed by atoms with Gasteiger partial charge in [0.1, 0.15) is 5.69 Å². The minimum absolute atomic E-state index is 0. The Morgan fingerprint density at radius 2 is 2.09 bits per heavy atom. The van der Waals surface area contributed by atoms with Crippen LogP contribution in [0.4, 0.5) is 0 Å². The van der Waals surface area contributed by atoms with Gasteiger partial charge < -0.3 is 14.5 Å². The van der Waals surface area contributed by atoms with Gasteiger partial charge in [0, 0.05) is 16.1 Å². The maximum absolute atomic E-state index is 12.6. The smallest absolute Gasteiger partial charge is 0.272 e. The first-order chi connectivity index (χ1) is 10.5. The van der Waals surface area contributed by atoms with E-state index in [1.807, 2.05) is 23.6 Å². The number of halogens is 3. The van der Waals surface area contributed by atoms with Crippen molar-refractivity contribution < 1.29 is 4.79 Å². The maximum Gasteiger partial charge on any atom is 0.272 e. The third-order valence-corrected chi connectivity index (χ3v) is 4.51. The second-order valence-corrected chi connectivity index (χ2v) is 6.25. The van der Waals surface area contributed by atoms with Gasteiger partial charge in [0.15, 0.2) is 0 Å². The molecule has 0 unspecified atom stereocenters. The van der Waals surface area contributed by atoms with Crippen LogP contribution in [0.15, 0.2) is 24.5 Å². The predicted molar refractivity (Wildman–Crippen MR) is 92.4 cm³/mol. The first kappa shape index (κ1) is 16.2. The molecule has 0 aliphatic carbocycles.